The lowest BCUT2D eigenvalue weighted by Gasteiger charge is -1.97. The Labute approximate surface area is 147 Å². The zero-order valence-electron chi connectivity index (χ0n) is 12.7. The smallest absolute Gasteiger partial charge is 0.185 e. The van der Waals surface area contributed by atoms with Crippen molar-refractivity contribution in [2.24, 2.45) is 0 Å². The summed E-state index contributed by atoms with van der Waals surface area (Å²) >= 11 is 3.40. The van der Waals surface area contributed by atoms with E-state index in [-0.39, 0.29) is 5.78 Å². The van der Waals surface area contributed by atoms with E-state index >= 15 is 0 Å². The first kappa shape index (κ1) is 14.9. The Morgan fingerprint density at radius 2 is 1.62 bits per heavy atom. The van der Waals surface area contributed by atoms with Crippen LogP contribution >= 0.6 is 15.9 Å². The molecule has 0 atom stereocenters. The van der Waals surface area contributed by atoms with E-state index in [0.29, 0.717) is 5.56 Å². The van der Waals surface area contributed by atoms with Crippen molar-refractivity contribution < 1.29 is 9.21 Å². The molecular weight excluding hydrogens is 364 g/mol. The Balaban J connectivity index is 1.69. The minimum atomic E-state index is -0.0231. The van der Waals surface area contributed by atoms with Gasteiger partial charge in [-0.1, -0.05) is 52.3 Å². The van der Waals surface area contributed by atoms with E-state index in [1.807, 2.05) is 66.7 Å². The van der Waals surface area contributed by atoms with E-state index in [9.17, 15) is 4.79 Å². The van der Waals surface area contributed by atoms with Crippen LogP contribution in [0.1, 0.15) is 15.9 Å². The summed E-state index contributed by atoms with van der Waals surface area (Å²) in [4.78, 5) is 12.5. The van der Waals surface area contributed by atoms with Gasteiger partial charge in [0.05, 0.1) is 0 Å². The molecule has 24 heavy (non-hydrogen) atoms. The molecule has 0 aliphatic heterocycles. The van der Waals surface area contributed by atoms with Crippen LogP contribution in [0, 0.1) is 0 Å². The van der Waals surface area contributed by atoms with Crippen molar-refractivity contribution in [1.82, 2.24) is 0 Å². The summed E-state index contributed by atoms with van der Waals surface area (Å²) in [6.07, 6.45) is 3.43. The quantitative estimate of drug-likeness (QED) is 0.312. The van der Waals surface area contributed by atoms with Crippen LogP contribution < -0.4 is 0 Å². The molecule has 4 rings (SSSR count). The first-order valence-electron chi connectivity index (χ1n) is 7.60. The summed E-state index contributed by atoms with van der Waals surface area (Å²) in [6.45, 7) is 0. The molecule has 1 aromatic heterocycles. The van der Waals surface area contributed by atoms with Crippen LogP contribution in [0.25, 0.3) is 28.0 Å². The minimum Gasteiger partial charge on any atom is -0.456 e. The summed E-state index contributed by atoms with van der Waals surface area (Å²) in [6, 6.07) is 21.2. The molecule has 0 radical (unpaired) electrons. The van der Waals surface area contributed by atoms with Gasteiger partial charge in [0, 0.05) is 20.8 Å². The van der Waals surface area contributed by atoms with Gasteiger partial charge in [-0.25, -0.2) is 0 Å². The Bertz CT molecular complexity index is 1070. The highest BCUT2D eigenvalue weighted by atomic mass is 79.9. The predicted molar refractivity (Wildman–Crippen MR) is 101 cm³/mol. The average Bonchev–Trinajstić information content (AvgIpc) is 2.99. The SMILES string of the molecule is O=C(/C=C/c1ccc(Br)cc1)c1ccc2oc3ccccc3c2c1. The summed E-state index contributed by atoms with van der Waals surface area (Å²) in [5, 5.41) is 1.99. The second kappa shape index (κ2) is 6.10. The van der Waals surface area contributed by atoms with Crippen molar-refractivity contribution in [3.05, 3.63) is 88.4 Å². The number of furan rings is 1. The number of fused-ring (bicyclic) bond motifs is 3. The topological polar surface area (TPSA) is 30.2 Å². The Morgan fingerprint density at radius 3 is 2.46 bits per heavy atom. The maximum atomic E-state index is 12.5. The molecule has 116 valence electrons. The van der Waals surface area contributed by atoms with Gasteiger partial charge < -0.3 is 4.42 Å². The molecule has 1 heterocycles. The summed E-state index contributed by atoms with van der Waals surface area (Å²) < 4.78 is 6.81. The number of hydrogen-bond donors (Lipinski definition) is 0. The predicted octanol–water partition coefficient (Wildman–Crippen LogP) is 6.24. The van der Waals surface area contributed by atoms with E-state index < -0.39 is 0 Å². The van der Waals surface area contributed by atoms with Crippen molar-refractivity contribution in [2.75, 3.05) is 0 Å². The lowest BCUT2D eigenvalue weighted by Crippen LogP contribution is -1.93. The fourth-order valence-corrected chi connectivity index (χ4v) is 2.99. The third-order valence-corrected chi connectivity index (χ3v) is 4.49. The molecular formula is C21H13BrO2. The largest absolute Gasteiger partial charge is 0.456 e. The summed E-state index contributed by atoms with van der Waals surface area (Å²) in [5.74, 6) is -0.0231. The zero-order chi connectivity index (χ0) is 16.5. The van der Waals surface area contributed by atoms with Crippen molar-refractivity contribution >= 4 is 49.7 Å². The Morgan fingerprint density at radius 1 is 0.875 bits per heavy atom. The van der Waals surface area contributed by atoms with Gasteiger partial charge >= 0.3 is 0 Å². The summed E-state index contributed by atoms with van der Waals surface area (Å²) in [5.41, 5.74) is 3.27. The maximum absolute atomic E-state index is 12.5. The maximum Gasteiger partial charge on any atom is 0.185 e. The van der Waals surface area contributed by atoms with Gasteiger partial charge in [0.15, 0.2) is 5.78 Å². The van der Waals surface area contributed by atoms with E-state index in [4.69, 9.17) is 4.42 Å². The number of hydrogen-bond acceptors (Lipinski definition) is 2. The van der Waals surface area contributed by atoms with Crippen LogP contribution in [-0.2, 0) is 0 Å². The molecule has 4 aromatic rings. The number of para-hydroxylation sites is 1. The van der Waals surface area contributed by atoms with Crippen LogP contribution in [-0.4, -0.2) is 5.78 Å². The highest BCUT2D eigenvalue weighted by Gasteiger charge is 2.09. The molecule has 0 saturated heterocycles. The van der Waals surface area contributed by atoms with E-state index in [0.717, 1.165) is 32.0 Å². The molecule has 0 unspecified atom stereocenters. The molecule has 0 fully saturated rings. The molecule has 0 saturated carbocycles. The number of benzene rings is 3. The number of carbonyl (C=O) groups is 1. The van der Waals surface area contributed by atoms with Gasteiger partial charge in [-0.2, -0.15) is 0 Å². The lowest BCUT2D eigenvalue weighted by atomic mass is 10.1. The normalized spacial score (nSPS) is 11.5. The first-order valence-corrected chi connectivity index (χ1v) is 8.39. The number of halogens is 1. The van der Waals surface area contributed by atoms with E-state index in [1.54, 1.807) is 12.1 Å². The van der Waals surface area contributed by atoms with E-state index in [2.05, 4.69) is 15.9 Å². The monoisotopic (exact) mass is 376 g/mol. The van der Waals surface area contributed by atoms with Gasteiger partial charge in [-0.15, -0.1) is 0 Å². The number of carbonyl (C=O) groups excluding carboxylic acids is 1. The van der Waals surface area contributed by atoms with Crippen molar-refractivity contribution in [2.45, 2.75) is 0 Å². The van der Waals surface area contributed by atoms with Gasteiger partial charge in [0.1, 0.15) is 11.2 Å². The highest BCUT2D eigenvalue weighted by molar-refractivity contribution is 9.10. The van der Waals surface area contributed by atoms with Crippen molar-refractivity contribution in [1.29, 1.82) is 0 Å². The molecule has 0 aliphatic rings. The molecule has 0 spiro atoms. The minimum absolute atomic E-state index is 0.0231. The van der Waals surface area contributed by atoms with Crippen LogP contribution in [0.4, 0.5) is 0 Å². The summed E-state index contributed by atoms with van der Waals surface area (Å²) in [7, 11) is 0. The fraction of sp³-hybridized carbons (Fsp3) is 0. The van der Waals surface area contributed by atoms with Gasteiger partial charge in [0.2, 0.25) is 0 Å². The fourth-order valence-electron chi connectivity index (χ4n) is 2.72. The van der Waals surface area contributed by atoms with Crippen LogP contribution in [0.3, 0.4) is 0 Å². The average molecular weight is 377 g/mol. The molecule has 2 nitrogen and oxygen atoms in total. The standard InChI is InChI=1S/C21H13BrO2/c22-16-9-5-14(6-10-16)7-11-19(23)15-8-12-21-18(13-15)17-3-1-2-4-20(17)24-21/h1-13H/b11-7+. The van der Waals surface area contributed by atoms with E-state index in [1.165, 1.54) is 0 Å². The lowest BCUT2D eigenvalue weighted by molar-refractivity contribution is 0.104. The first-order chi connectivity index (χ1) is 11.7. The highest BCUT2D eigenvalue weighted by Crippen LogP contribution is 2.29. The van der Waals surface area contributed by atoms with Gasteiger partial charge in [-0.05, 0) is 48.0 Å². The number of rotatable bonds is 3. The van der Waals surface area contributed by atoms with Crippen LogP contribution in [0.2, 0.25) is 0 Å². The number of ketones is 1. The molecule has 0 aliphatic carbocycles. The van der Waals surface area contributed by atoms with Crippen LogP contribution in [0.15, 0.2) is 81.7 Å². The van der Waals surface area contributed by atoms with Crippen molar-refractivity contribution in [3.63, 3.8) is 0 Å². The third kappa shape index (κ3) is 2.79. The van der Waals surface area contributed by atoms with Crippen molar-refractivity contribution in [3.8, 4) is 0 Å². The zero-order valence-corrected chi connectivity index (χ0v) is 14.3. The molecule has 3 heteroatoms. The van der Waals surface area contributed by atoms with Gasteiger partial charge in [-0.3, -0.25) is 4.79 Å². The molecule has 0 bridgehead atoms. The molecule has 0 N–H and O–H groups in total. The Kier molecular flexibility index (Phi) is 3.79. The molecule has 3 aromatic carbocycles. The van der Waals surface area contributed by atoms with Gasteiger partial charge in [0.25, 0.3) is 0 Å². The Hall–Kier alpha value is -2.65. The second-order valence-corrected chi connectivity index (χ2v) is 6.47. The van der Waals surface area contributed by atoms with Crippen LogP contribution in [0.5, 0.6) is 0 Å². The number of allylic oxidation sites excluding steroid dienone is 1. The molecule has 0 amide bonds. The second-order valence-electron chi connectivity index (χ2n) is 5.56. The third-order valence-electron chi connectivity index (χ3n) is 3.96.